The molecule has 1 aromatic carbocycles. The van der Waals surface area contributed by atoms with Gasteiger partial charge in [0.25, 0.3) is 5.91 Å². The molecule has 0 saturated heterocycles. The van der Waals surface area contributed by atoms with Crippen molar-refractivity contribution in [1.29, 1.82) is 0 Å². The lowest BCUT2D eigenvalue weighted by Crippen LogP contribution is -2.36. The van der Waals surface area contributed by atoms with E-state index in [1.54, 1.807) is 19.1 Å². The summed E-state index contributed by atoms with van der Waals surface area (Å²) in [6, 6.07) is 4.77. The molecule has 1 saturated carbocycles. The molecule has 0 unspecified atom stereocenters. The van der Waals surface area contributed by atoms with E-state index >= 15 is 0 Å². The first-order valence-corrected chi connectivity index (χ1v) is 11.3. The Balaban J connectivity index is 1.91. The quantitative estimate of drug-likeness (QED) is 0.671. The van der Waals surface area contributed by atoms with E-state index < -0.39 is 10.0 Å². The lowest BCUT2D eigenvalue weighted by Gasteiger charge is -2.22. The topological polar surface area (TPSA) is 84.5 Å². The zero-order valence-corrected chi connectivity index (χ0v) is 17.4. The second-order valence-electron chi connectivity index (χ2n) is 7.70. The molecule has 0 spiro atoms. The van der Waals surface area contributed by atoms with E-state index in [1.165, 1.54) is 12.5 Å². The predicted octanol–water partition coefficient (Wildman–Crippen LogP) is 3.15. The number of hydrogen-bond acceptors (Lipinski definition) is 4. The monoisotopic (exact) mass is 396 g/mol. The van der Waals surface area contributed by atoms with Crippen molar-refractivity contribution in [3.63, 3.8) is 0 Å². The standard InChI is InChI=1S/C20H32N2O4S/c1-15(2)11-12-21-20(23)14-26-19-10-9-18(13-16(19)3)27(24,25)22-17-7-5-4-6-8-17/h9-10,13,15,17,22H,4-8,11-12,14H2,1-3H3,(H,21,23). The Morgan fingerprint density at radius 1 is 1.22 bits per heavy atom. The second kappa shape index (κ2) is 10.1. The van der Waals surface area contributed by atoms with Crippen molar-refractivity contribution in [2.24, 2.45) is 5.92 Å². The van der Waals surface area contributed by atoms with E-state index in [9.17, 15) is 13.2 Å². The van der Waals surface area contributed by atoms with Crippen LogP contribution in [-0.4, -0.2) is 33.5 Å². The number of carbonyl (C=O) groups is 1. The molecule has 1 fully saturated rings. The maximum absolute atomic E-state index is 12.6. The van der Waals surface area contributed by atoms with E-state index in [2.05, 4.69) is 23.9 Å². The third-order valence-electron chi connectivity index (χ3n) is 4.79. The summed E-state index contributed by atoms with van der Waals surface area (Å²) in [7, 11) is -3.54. The zero-order chi connectivity index (χ0) is 19.9. The van der Waals surface area contributed by atoms with Crippen molar-refractivity contribution in [3.05, 3.63) is 23.8 Å². The van der Waals surface area contributed by atoms with E-state index in [4.69, 9.17) is 4.74 Å². The van der Waals surface area contributed by atoms with E-state index in [0.717, 1.165) is 32.1 Å². The molecule has 0 aromatic heterocycles. The van der Waals surface area contributed by atoms with Crippen molar-refractivity contribution in [2.45, 2.75) is 70.2 Å². The zero-order valence-electron chi connectivity index (χ0n) is 16.6. The molecule has 0 heterocycles. The van der Waals surface area contributed by atoms with Crippen LogP contribution in [-0.2, 0) is 14.8 Å². The van der Waals surface area contributed by atoms with Crippen molar-refractivity contribution in [3.8, 4) is 5.75 Å². The van der Waals surface area contributed by atoms with E-state index in [1.807, 2.05) is 0 Å². The van der Waals surface area contributed by atoms with Gasteiger partial charge in [-0.05, 0) is 55.9 Å². The average molecular weight is 397 g/mol. The summed E-state index contributed by atoms with van der Waals surface area (Å²) in [6.45, 7) is 6.54. The number of benzene rings is 1. The summed E-state index contributed by atoms with van der Waals surface area (Å²) < 4.78 is 33.5. The van der Waals surface area contributed by atoms with Crippen LogP contribution in [0.3, 0.4) is 0 Å². The number of carbonyl (C=O) groups excluding carboxylic acids is 1. The Hall–Kier alpha value is -1.60. The lowest BCUT2D eigenvalue weighted by molar-refractivity contribution is -0.123. The third kappa shape index (κ3) is 7.14. The number of ether oxygens (including phenoxy) is 1. The molecule has 2 N–H and O–H groups in total. The molecule has 1 aliphatic carbocycles. The highest BCUT2D eigenvalue weighted by atomic mass is 32.2. The van der Waals surface area contributed by atoms with Gasteiger partial charge in [-0.1, -0.05) is 33.1 Å². The number of sulfonamides is 1. The van der Waals surface area contributed by atoms with Crippen molar-refractivity contribution >= 4 is 15.9 Å². The Morgan fingerprint density at radius 3 is 2.56 bits per heavy atom. The SMILES string of the molecule is Cc1cc(S(=O)(=O)NC2CCCCC2)ccc1OCC(=O)NCCC(C)C. The van der Waals surface area contributed by atoms with Gasteiger partial charge in [-0.3, -0.25) is 4.79 Å². The Morgan fingerprint density at radius 2 is 1.93 bits per heavy atom. The summed E-state index contributed by atoms with van der Waals surface area (Å²) in [5.41, 5.74) is 0.691. The molecule has 27 heavy (non-hydrogen) atoms. The van der Waals surface area contributed by atoms with Crippen LogP contribution < -0.4 is 14.8 Å². The highest BCUT2D eigenvalue weighted by Crippen LogP contribution is 2.24. The smallest absolute Gasteiger partial charge is 0.257 e. The van der Waals surface area contributed by atoms with Crippen LogP contribution in [0, 0.1) is 12.8 Å². The molecule has 1 amide bonds. The summed E-state index contributed by atoms with van der Waals surface area (Å²) >= 11 is 0. The largest absolute Gasteiger partial charge is 0.484 e. The van der Waals surface area contributed by atoms with Crippen molar-refractivity contribution in [2.75, 3.05) is 13.2 Å². The fourth-order valence-corrected chi connectivity index (χ4v) is 4.54. The molecule has 7 heteroatoms. The minimum Gasteiger partial charge on any atom is -0.484 e. The third-order valence-corrected chi connectivity index (χ3v) is 6.30. The highest BCUT2D eigenvalue weighted by molar-refractivity contribution is 7.89. The van der Waals surface area contributed by atoms with Crippen LogP contribution in [0.2, 0.25) is 0 Å². The maximum atomic E-state index is 12.6. The van der Waals surface area contributed by atoms with Crippen LogP contribution in [0.4, 0.5) is 0 Å². The van der Waals surface area contributed by atoms with E-state index in [0.29, 0.717) is 23.8 Å². The van der Waals surface area contributed by atoms with E-state index in [-0.39, 0.29) is 23.5 Å². The van der Waals surface area contributed by atoms with Crippen LogP contribution in [0.5, 0.6) is 5.75 Å². The number of rotatable bonds is 9. The van der Waals surface area contributed by atoms with Crippen LogP contribution in [0.25, 0.3) is 0 Å². The first kappa shape index (κ1) is 21.7. The summed E-state index contributed by atoms with van der Waals surface area (Å²) in [5.74, 6) is 0.876. The molecule has 0 atom stereocenters. The highest BCUT2D eigenvalue weighted by Gasteiger charge is 2.22. The molecule has 0 radical (unpaired) electrons. The Labute approximate surface area is 163 Å². The molecule has 0 bridgehead atoms. The molecule has 152 valence electrons. The molecule has 1 aliphatic rings. The summed E-state index contributed by atoms with van der Waals surface area (Å²) in [4.78, 5) is 12.1. The minimum atomic E-state index is -3.54. The fourth-order valence-electron chi connectivity index (χ4n) is 3.15. The Kier molecular flexibility index (Phi) is 8.10. The summed E-state index contributed by atoms with van der Waals surface area (Å²) in [6.07, 6.45) is 6.02. The van der Waals surface area contributed by atoms with Crippen LogP contribution in [0.1, 0.15) is 57.9 Å². The number of aryl methyl sites for hydroxylation is 1. The average Bonchev–Trinajstić information content (AvgIpc) is 2.60. The van der Waals surface area contributed by atoms with Gasteiger partial charge in [-0.25, -0.2) is 13.1 Å². The molecule has 2 rings (SSSR count). The fraction of sp³-hybridized carbons (Fsp3) is 0.650. The number of hydrogen-bond donors (Lipinski definition) is 2. The maximum Gasteiger partial charge on any atom is 0.257 e. The predicted molar refractivity (Wildman–Crippen MR) is 106 cm³/mol. The van der Waals surface area contributed by atoms with Gasteiger partial charge in [-0.15, -0.1) is 0 Å². The minimum absolute atomic E-state index is 0.0227. The van der Waals surface area contributed by atoms with Crippen molar-refractivity contribution in [1.82, 2.24) is 10.0 Å². The normalized spacial score (nSPS) is 15.7. The summed E-state index contributed by atoms with van der Waals surface area (Å²) in [5, 5.41) is 2.81. The second-order valence-corrected chi connectivity index (χ2v) is 9.42. The molecule has 1 aromatic rings. The Bertz CT molecular complexity index is 725. The number of nitrogens with one attached hydrogen (secondary N) is 2. The lowest BCUT2D eigenvalue weighted by atomic mass is 9.96. The van der Waals surface area contributed by atoms with Gasteiger partial charge in [0, 0.05) is 12.6 Å². The van der Waals surface area contributed by atoms with Gasteiger partial charge in [0.1, 0.15) is 5.75 Å². The van der Waals surface area contributed by atoms with Crippen LogP contribution in [0.15, 0.2) is 23.1 Å². The first-order chi connectivity index (χ1) is 12.8. The molecule has 6 nitrogen and oxygen atoms in total. The molecular weight excluding hydrogens is 364 g/mol. The van der Waals surface area contributed by atoms with Gasteiger partial charge in [-0.2, -0.15) is 0 Å². The van der Waals surface area contributed by atoms with Crippen LogP contribution >= 0.6 is 0 Å². The van der Waals surface area contributed by atoms with Gasteiger partial charge in [0.2, 0.25) is 10.0 Å². The van der Waals surface area contributed by atoms with Crippen molar-refractivity contribution < 1.29 is 17.9 Å². The molecular formula is C20H32N2O4S. The molecule has 0 aliphatic heterocycles. The first-order valence-electron chi connectivity index (χ1n) is 9.80. The number of amides is 1. The van der Waals surface area contributed by atoms with Gasteiger partial charge >= 0.3 is 0 Å². The van der Waals surface area contributed by atoms with Gasteiger partial charge in [0.05, 0.1) is 4.90 Å². The van der Waals surface area contributed by atoms with Gasteiger partial charge < -0.3 is 10.1 Å². The van der Waals surface area contributed by atoms with Gasteiger partial charge in [0.15, 0.2) is 6.61 Å².